The van der Waals surface area contributed by atoms with Crippen LogP contribution in [0.5, 0.6) is 5.75 Å². The molecule has 1 aliphatic rings. The first-order valence-electron chi connectivity index (χ1n) is 10.8. The smallest absolute Gasteiger partial charge is 0.301 e. The van der Waals surface area contributed by atoms with E-state index in [0.29, 0.717) is 22.0 Å². The summed E-state index contributed by atoms with van der Waals surface area (Å²) in [6.07, 6.45) is 3.20. The molecular formula is C26H21N3O4S. The number of amides is 1. The molecule has 0 radical (unpaired) electrons. The summed E-state index contributed by atoms with van der Waals surface area (Å²) in [5, 5.41) is 11.6. The van der Waals surface area contributed by atoms with Crippen molar-refractivity contribution in [2.45, 2.75) is 26.0 Å². The SMILES string of the molecule is CC(C)Oc1ccc(/C(O)=C2\C(=O)C(=O)N(c3nc4ccccc4s3)C2c2cccnc2)cc1. The van der Waals surface area contributed by atoms with Gasteiger partial charge in [-0.25, -0.2) is 4.98 Å². The van der Waals surface area contributed by atoms with Crippen LogP contribution in [0.15, 0.2) is 78.6 Å². The number of carbonyl (C=O) groups excluding carboxylic acids is 2. The molecule has 170 valence electrons. The van der Waals surface area contributed by atoms with E-state index >= 15 is 0 Å². The highest BCUT2D eigenvalue weighted by Gasteiger charge is 2.48. The first-order valence-corrected chi connectivity index (χ1v) is 11.6. The molecule has 5 rings (SSSR count). The first kappa shape index (κ1) is 21.8. The van der Waals surface area contributed by atoms with E-state index in [-0.39, 0.29) is 17.4 Å². The zero-order valence-electron chi connectivity index (χ0n) is 18.5. The van der Waals surface area contributed by atoms with Gasteiger partial charge in [-0.1, -0.05) is 29.5 Å². The van der Waals surface area contributed by atoms with Gasteiger partial charge in [-0.3, -0.25) is 19.5 Å². The number of ether oxygens (including phenoxy) is 1. The molecule has 0 aliphatic carbocycles. The zero-order valence-corrected chi connectivity index (χ0v) is 19.3. The Morgan fingerprint density at radius 1 is 1.06 bits per heavy atom. The van der Waals surface area contributed by atoms with Crippen molar-refractivity contribution in [1.29, 1.82) is 0 Å². The predicted molar refractivity (Wildman–Crippen MR) is 131 cm³/mol. The Morgan fingerprint density at radius 3 is 2.50 bits per heavy atom. The maximum Gasteiger partial charge on any atom is 0.301 e. The predicted octanol–water partition coefficient (Wildman–Crippen LogP) is 5.10. The molecule has 1 amide bonds. The van der Waals surface area contributed by atoms with Crippen molar-refractivity contribution in [2.24, 2.45) is 0 Å². The highest BCUT2D eigenvalue weighted by Crippen LogP contribution is 2.44. The molecule has 4 aromatic rings. The Labute approximate surface area is 200 Å². The number of aliphatic hydroxyl groups excluding tert-OH is 1. The summed E-state index contributed by atoms with van der Waals surface area (Å²) in [6, 6.07) is 16.9. The number of thiazole rings is 1. The number of anilines is 1. The Balaban J connectivity index is 1.65. The summed E-state index contributed by atoms with van der Waals surface area (Å²) in [5.74, 6) is -1.13. The van der Waals surface area contributed by atoms with Crippen LogP contribution in [0.3, 0.4) is 0 Å². The van der Waals surface area contributed by atoms with Crippen LogP contribution >= 0.6 is 11.3 Å². The van der Waals surface area contributed by atoms with Crippen molar-refractivity contribution < 1.29 is 19.4 Å². The molecule has 1 unspecified atom stereocenters. The van der Waals surface area contributed by atoms with Crippen molar-refractivity contribution in [3.05, 3.63) is 89.8 Å². The number of rotatable bonds is 5. The second kappa shape index (κ2) is 8.72. The van der Waals surface area contributed by atoms with Crippen molar-refractivity contribution in [2.75, 3.05) is 4.90 Å². The Hall–Kier alpha value is -4.04. The van der Waals surface area contributed by atoms with Gasteiger partial charge in [-0.05, 0) is 61.9 Å². The Bertz CT molecular complexity index is 1380. The van der Waals surface area contributed by atoms with E-state index in [2.05, 4.69) is 9.97 Å². The molecule has 1 N–H and O–H groups in total. The average molecular weight is 472 g/mol. The molecule has 3 heterocycles. The summed E-state index contributed by atoms with van der Waals surface area (Å²) in [7, 11) is 0. The molecule has 1 atom stereocenters. The number of pyridine rings is 1. The number of nitrogens with zero attached hydrogens (tertiary/aromatic N) is 3. The van der Waals surface area contributed by atoms with E-state index in [9.17, 15) is 14.7 Å². The van der Waals surface area contributed by atoms with Crippen LogP contribution in [0.1, 0.15) is 31.0 Å². The number of aliphatic hydroxyl groups is 1. The standard InChI is InChI=1S/C26H21N3O4S/c1-15(2)33-18-11-9-16(10-12-18)23(30)21-22(17-6-5-13-27-14-17)29(25(32)24(21)31)26-28-19-7-3-4-8-20(19)34-26/h3-15,22,30H,1-2H3/b23-21+. The maximum absolute atomic E-state index is 13.2. The molecule has 34 heavy (non-hydrogen) atoms. The molecule has 1 aliphatic heterocycles. The molecule has 2 aromatic heterocycles. The second-order valence-corrected chi connectivity index (χ2v) is 9.12. The van der Waals surface area contributed by atoms with Gasteiger partial charge in [0.2, 0.25) is 0 Å². The van der Waals surface area contributed by atoms with E-state index in [0.717, 1.165) is 10.2 Å². The van der Waals surface area contributed by atoms with Crippen molar-refractivity contribution >= 4 is 44.1 Å². The van der Waals surface area contributed by atoms with Crippen LogP contribution in [0.4, 0.5) is 5.13 Å². The zero-order chi connectivity index (χ0) is 23.8. The number of aromatic nitrogens is 2. The molecule has 2 aromatic carbocycles. The molecule has 8 heteroatoms. The molecule has 1 saturated heterocycles. The van der Waals surface area contributed by atoms with Gasteiger partial charge >= 0.3 is 5.91 Å². The third-order valence-electron chi connectivity index (χ3n) is 5.43. The third kappa shape index (κ3) is 3.82. The number of carbonyl (C=O) groups is 2. The fraction of sp³-hybridized carbons (Fsp3) is 0.154. The summed E-state index contributed by atoms with van der Waals surface area (Å²) in [5.41, 5.74) is 1.74. The molecule has 0 spiro atoms. The number of ketones is 1. The van der Waals surface area contributed by atoms with Gasteiger partial charge in [-0.15, -0.1) is 0 Å². The third-order valence-corrected chi connectivity index (χ3v) is 6.47. The summed E-state index contributed by atoms with van der Waals surface area (Å²) >= 11 is 1.32. The number of benzene rings is 2. The lowest BCUT2D eigenvalue weighted by molar-refractivity contribution is -0.132. The lowest BCUT2D eigenvalue weighted by Gasteiger charge is -2.22. The number of hydrogen-bond acceptors (Lipinski definition) is 7. The van der Waals surface area contributed by atoms with Crippen LogP contribution in [0.2, 0.25) is 0 Å². The van der Waals surface area contributed by atoms with Crippen LogP contribution in [-0.2, 0) is 9.59 Å². The molecular weight excluding hydrogens is 450 g/mol. The first-order chi connectivity index (χ1) is 16.4. The summed E-state index contributed by atoms with van der Waals surface area (Å²) < 4.78 is 6.56. The lowest BCUT2D eigenvalue weighted by Crippen LogP contribution is -2.29. The van der Waals surface area contributed by atoms with Crippen molar-refractivity contribution in [3.8, 4) is 5.75 Å². The van der Waals surface area contributed by atoms with Crippen LogP contribution in [-0.4, -0.2) is 32.9 Å². The highest BCUT2D eigenvalue weighted by atomic mass is 32.1. The van der Waals surface area contributed by atoms with Crippen molar-refractivity contribution in [1.82, 2.24) is 9.97 Å². The molecule has 7 nitrogen and oxygen atoms in total. The molecule has 0 bridgehead atoms. The van der Waals surface area contributed by atoms with Gasteiger partial charge in [0, 0.05) is 18.0 Å². The summed E-state index contributed by atoms with van der Waals surface area (Å²) in [4.78, 5) is 36.6. The van der Waals surface area contributed by atoms with Gasteiger partial charge in [-0.2, -0.15) is 0 Å². The highest BCUT2D eigenvalue weighted by molar-refractivity contribution is 7.22. The van der Waals surface area contributed by atoms with E-state index in [1.165, 1.54) is 16.2 Å². The minimum Gasteiger partial charge on any atom is -0.507 e. The van der Waals surface area contributed by atoms with Gasteiger partial charge in [0.1, 0.15) is 11.5 Å². The molecule has 1 fully saturated rings. The van der Waals surface area contributed by atoms with Crippen LogP contribution in [0, 0.1) is 0 Å². The Kier molecular flexibility index (Phi) is 5.59. The largest absolute Gasteiger partial charge is 0.507 e. The van der Waals surface area contributed by atoms with Gasteiger partial charge in [0.25, 0.3) is 5.78 Å². The van der Waals surface area contributed by atoms with Gasteiger partial charge < -0.3 is 9.84 Å². The molecule has 0 saturated carbocycles. The summed E-state index contributed by atoms with van der Waals surface area (Å²) in [6.45, 7) is 3.84. The number of hydrogen-bond donors (Lipinski definition) is 1. The number of para-hydroxylation sites is 1. The fourth-order valence-electron chi connectivity index (χ4n) is 3.97. The van der Waals surface area contributed by atoms with E-state index in [1.807, 2.05) is 38.1 Å². The van der Waals surface area contributed by atoms with Crippen LogP contribution in [0.25, 0.3) is 16.0 Å². The Morgan fingerprint density at radius 2 is 1.82 bits per heavy atom. The topological polar surface area (TPSA) is 92.6 Å². The lowest BCUT2D eigenvalue weighted by atomic mass is 9.96. The average Bonchev–Trinajstić information content (AvgIpc) is 3.38. The van der Waals surface area contributed by atoms with E-state index in [1.54, 1.807) is 48.8 Å². The number of fused-ring (bicyclic) bond motifs is 1. The fourth-order valence-corrected chi connectivity index (χ4v) is 4.96. The van der Waals surface area contributed by atoms with E-state index in [4.69, 9.17) is 4.74 Å². The quantitative estimate of drug-likeness (QED) is 0.247. The second-order valence-electron chi connectivity index (χ2n) is 8.11. The van der Waals surface area contributed by atoms with Crippen LogP contribution < -0.4 is 9.64 Å². The number of Topliss-reactive ketones (excluding diaryl/α,β-unsaturated/α-hetero) is 1. The normalized spacial score (nSPS) is 17.6. The van der Waals surface area contributed by atoms with Gasteiger partial charge in [0.15, 0.2) is 5.13 Å². The monoisotopic (exact) mass is 471 g/mol. The minimum absolute atomic E-state index is 0.00385. The van der Waals surface area contributed by atoms with Gasteiger partial charge in [0.05, 0.1) is 27.9 Å². The minimum atomic E-state index is -0.860. The van der Waals surface area contributed by atoms with Crippen molar-refractivity contribution in [3.63, 3.8) is 0 Å². The van der Waals surface area contributed by atoms with E-state index < -0.39 is 17.7 Å². The maximum atomic E-state index is 13.2.